The van der Waals surface area contributed by atoms with Crippen LogP contribution in [0.15, 0.2) is 59.6 Å². The van der Waals surface area contributed by atoms with Gasteiger partial charge in [0.25, 0.3) is 0 Å². The minimum atomic E-state index is 0.360. The molecule has 0 saturated heterocycles. The highest BCUT2D eigenvalue weighted by Gasteiger charge is 2.36. The number of benzene rings is 2. The van der Waals surface area contributed by atoms with E-state index in [0.717, 1.165) is 36.8 Å². The van der Waals surface area contributed by atoms with Gasteiger partial charge in [0.1, 0.15) is 12.4 Å². The minimum absolute atomic E-state index is 0.360. The van der Waals surface area contributed by atoms with E-state index in [4.69, 9.17) is 9.47 Å². The van der Waals surface area contributed by atoms with E-state index in [1.807, 2.05) is 37.4 Å². The van der Waals surface area contributed by atoms with Gasteiger partial charge in [-0.05, 0) is 47.9 Å². The predicted molar refractivity (Wildman–Crippen MR) is 118 cm³/mol. The largest absolute Gasteiger partial charge is 0.489 e. The monoisotopic (exact) mass is 395 g/mol. The van der Waals surface area contributed by atoms with Crippen LogP contribution in [0.4, 0.5) is 0 Å². The van der Waals surface area contributed by atoms with E-state index in [2.05, 4.69) is 39.9 Å². The molecule has 0 aromatic heterocycles. The van der Waals surface area contributed by atoms with Gasteiger partial charge in [-0.2, -0.15) is 0 Å². The summed E-state index contributed by atoms with van der Waals surface area (Å²) in [5.74, 6) is 1.72. The summed E-state index contributed by atoms with van der Waals surface area (Å²) in [5.41, 5.74) is 2.69. The Labute approximate surface area is 174 Å². The van der Waals surface area contributed by atoms with E-state index in [9.17, 15) is 0 Å². The number of methoxy groups -OCH3 is 1. The maximum absolute atomic E-state index is 5.93. The molecule has 0 radical (unpaired) electrons. The van der Waals surface area contributed by atoms with Gasteiger partial charge in [0.05, 0.1) is 0 Å². The number of nitrogens with zero attached hydrogens (tertiary/aromatic N) is 1. The van der Waals surface area contributed by atoms with Crippen molar-refractivity contribution < 1.29 is 9.47 Å². The molecule has 0 atom stereocenters. The van der Waals surface area contributed by atoms with Crippen LogP contribution < -0.4 is 15.4 Å². The van der Waals surface area contributed by atoms with Gasteiger partial charge < -0.3 is 20.1 Å². The van der Waals surface area contributed by atoms with Gasteiger partial charge in [-0.1, -0.05) is 48.9 Å². The fourth-order valence-electron chi connectivity index (χ4n) is 3.67. The number of ether oxygens (including phenoxy) is 2. The van der Waals surface area contributed by atoms with E-state index in [1.165, 1.54) is 24.8 Å². The second-order valence-electron chi connectivity index (χ2n) is 7.80. The quantitative estimate of drug-likeness (QED) is 0.469. The van der Waals surface area contributed by atoms with Gasteiger partial charge in [-0.15, -0.1) is 0 Å². The molecular weight excluding hydrogens is 362 g/mol. The van der Waals surface area contributed by atoms with Crippen molar-refractivity contribution in [2.75, 3.05) is 27.3 Å². The SMILES string of the molecule is CN=C(NCc1cccc(OCc2ccccc2)c1)NCC1(CCOC)CCC1. The zero-order valence-corrected chi connectivity index (χ0v) is 17.6. The Bertz CT molecular complexity index is 773. The van der Waals surface area contributed by atoms with Crippen LogP contribution in [0.25, 0.3) is 0 Å². The summed E-state index contributed by atoms with van der Waals surface area (Å²) in [6.07, 6.45) is 4.95. The van der Waals surface area contributed by atoms with E-state index in [-0.39, 0.29) is 0 Å². The summed E-state index contributed by atoms with van der Waals surface area (Å²) in [5, 5.41) is 6.92. The molecule has 5 heteroatoms. The fourth-order valence-corrected chi connectivity index (χ4v) is 3.67. The van der Waals surface area contributed by atoms with Crippen molar-refractivity contribution in [1.82, 2.24) is 10.6 Å². The van der Waals surface area contributed by atoms with E-state index in [0.29, 0.717) is 18.6 Å². The Morgan fingerprint density at radius 3 is 2.52 bits per heavy atom. The van der Waals surface area contributed by atoms with Crippen LogP contribution in [0.1, 0.15) is 36.8 Å². The first kappa shape index (κ1) is 21.2. The topological polar surface area (TPSA) is 54.9 Å². The van der Waals surface area contributed by atoms with Gasteiger partial charge in [0.2, 0.25) is 0 Å². The maximum Gasteiger partial charge on any atom is 0.191 e. The molecule has 0 amide bonds. The Kier molecular flexibility index (Phi) is 7.94. The third-order valence-corrected chi connectivity index (χ3v) is 5.71. The molecule has 1 saturated carbocycles. The van der Waals surface area contributed by atoms with Crippen LogP contribution >= 0.6 is 0 Å². The van der Waals surface area contributed by atoms with Gasteiger partial charge in [-0.3, -0.25) is 4.99 Å². The molecule has 5 nitrogen and oxygen atoms in total. The highest BCUT2D eigenvalue weighted by atomic mass is 16.5. The maximum atomic E-state index is 5.93. The molecule has 0 bridgehead atoms. The average Bonchev–Trinajstić information content (AvgIpc) is 2.74. The smallest absolute Gasteiger partial charge is 0.191 e. The molecule has 0 unspecified atom stereocenters. The lowest BCUT2D eigenvalue weighted by Crippen LogP contribution is -2.46. The summed E-state index contributed by atoms with van der Waals surface area (Å²) >= 11 is 0. The standard InChI is InChI=1S/C24H33N3O2/c1-25-23(27-19-24(12-7-13-24)14-15-28-2)26-17-21-10-6-11-22(16-21)29-18-20-8-4-3-5-9-20/h3-6,8-11,16H,7,12-15,17-19H2,1-2H3,(H2,25,26,27). The first-order valence-electron chi connectivity index (χ1n) is 10.4. The number of hydrogen-bond donors (Lipinski definition) is 2. The number of rotatable bonds is 10. The van der Waals surface area contributed by atoms with Gasteiger partial charge in [0.15, 0.2) is 5.96 Å². The first-order valence-corrected chi connectivity index (χ1v) is 10.4. The molecule has 156 valence electrons. The molecule has 1 aliphatic carbocycles. The third-order valence-electron chi connectivity index (χ3n) is 5.71. The molecule has 2 aromatic rings. The molecule has 2 N–H and O–H groups in total. The van der Waals surface area contributed by atoms with Crippen LogP contribution in [0.2, 0.25) is 0 Å². The summed E-state index contributed by atoms with van der Waals surface area (Å²) in [7, 11) is 3.59. The van der Waals surface area contributed by atoms with E-state index in [1.54, 1.807) is 7.11 Å². The average molecular weight is 396 g/mol. The number of guanidine groups is 1. The van der Waals surface area contributed by atoms with Crippen LogP contribution in [-0.2, 0) is 17.9 Å². The van der Waals surface area contributed by atoms with E-state index < -0.39 is 0 Å². The molecule has 2 aromatic carbocycles. The summed E-state index contributed by atoms with van der Waals surface area (Å²) in [6.45, 7) is 3.04. The van der Waals surface area contributed by atoms with Gasteiger partial charge in [-0.25, -0.2) is 0 Å². The molecule has 0 aliphatic heterocycles. The number of aliphatic imine (C=N–C) groups is 1. The molecule has 0 spiro atoms. The van der Waals surface area contributed by atoms with E-state index >= 15 is 0 Å². The zero-order valence-electron chi connectivity index (χ0n) is 17.6. The Morgan fingerprint density at radius 1 is 1.03 bits per heavy atom. The van der Waals surface area contributed by atoms with Crippen molar-refractivity contribution in [3.05, 3.63) is 65.7 Å². The fraction of sp³-hybridized carbons (Fsp3) is 0.458. The van der Waals surface area contributed by atoms with Crippen molar-refractivity contribution in [3.63, 3.8) is 0 Å². The second-order valence-corrected chi connectivity index (χ2v) is 7.80. The highest BCUT2D eigenvalue weighted by molar-refractivity contribution is 5.79. The lowest BCUT2D eigenvalue weighted by Gasteiger charge is -2.42. The third kappa shape index (κ3) is 6.50. The lowest BCUT2D eigenvalue weighted by atomic mass is 9.67. The molecule has 0 heterocycles. The van der Waals surface area contributed by atoms with Crippen LogP contribution in [-0.4, -0.2) is 33.3 Å². The highest BCUT2D eigenvalue weighted by Crippen LogP contribution is 2.43. The van der Waals surface area contributed by atoms with Crippen LogP contribution in [0.3, 0.4) is 0 Å². The molecule has 3 rings (SSSR count). The molecular formula is C24H33N3O2. The zero-order chi connectivity index (χ0) is 20.4. The van der Waals surface area contributed by atoms with Crippen molar-refractivity contribution >= 4 is 5.96 Å². The second kappa shape index (κ2) is 10.9. The minimum Gasteiger partial charge on any atom is -0.489 e. The normalized spacial score (nSPS) is 15.4. The lowest BCUT2D eigenvalue weighted by molar-refractivity contribution is 0.0732. The van der Waals surface area contributed by atoms with Gasteiger partial charge in [0, 0.05) is 33.9 Å². The van der Waals surface area contributed by atoms with Crippen molar-refractivity contribution in [2.24, 2.45) is 10.4 Å². The van der Waals surface area contributed by atoms with Crippen LogP contribution in [0, 0.1) is 5.41 Å². The molecule has 1 aliphatic rings. The molecule has 1 fully saturated rings. The van der Waals surface area contributed by atoms with Gasteiger partial charge >= 0.3 is 0 Å². The number of nitrogens with one attached hydrogen (secondary N) is 2. The Balaban J connectivity index is 1.46. The van der Waals surface area contributed by atoms with Crippen molar-refractivity contribution in [2.45, 2.75) is 38.8 Å². The number of hydrogen-bond acceptors (Lipinski definition) is 3. The van der Waals surface area contributed by atoms with Crippen molar-refractivity contribution in [1.29, 1.82) is 0 Å². The molecule has 29 heavy (non-hydrogen) atoms. The summed E-state index contributed by atoms with van der Waals surface area (Å²) in [6, 6.07) is 18.4. The van der Waals surface area contributed by atoms with Crippen LogP contribution in [0.5, 0.6) is 5.75 Å². The van der Waals surface area contributed by atoms with Crippen molar-refractivity contribution in [3.8, 4) is 5.75 Å². The predicted octanol–water partition coefficient (Wildman–Crippen LogP) is 4.14. The first-order chi connectivity index (χ1) is 14.2. The Hall–Kier alpha value is -2.53. The summed E-state index contributed by atoms with van der Waals surface area (Å²) < 4.78 is 11.2. The Morgan fingerprint density at radius 2 is 1.83 bits per heavy atom. The summed E-state index contributed by atoms with van der Waals surface area (Å²) in [4.78, 5) is 4.38.